The van der Waals surface area contributed by atoms with Gasteiger partial charge in [0, 0.05) is 49.0 Å². The van der Waals surface area contributed by atoms with Gasteiger partial charge in [0.05, 0.1) is 19.8 Å². The molecule has 1 heterocycles. The van der Waals surface area contributed by atoms with Crippen molar-refractivity contribution in [3.63, 3.8) is 0 Å². The summed E-state index contributed by atoms with van der Waals surface area (Å²) in [5.74, 6) is 0.910. The Kier molecular flexibility index (Phi) is 9.40. The number of morpholine rings is 1. The van der Waals surface area contributed by atoms with Gasteiger partial charge in [-0.3, -0.25) is 4.90 Å². The zero-order chi connectivity index (χ0) is 22.1. The molecule has 0 spiro atoms. The summed E-state index contributed by atoms with van der Waals surface area (Å²) in [6, 6.07) is 14.1. The minimum Gasteiger partial charge on any atom is -0.494 e. The van der Waals surface area contributed by atoms with Gasteiger partial charge in [-0.1, -0.05) is 29.8 Å². The topological polar surface area (TPSA) is 37.0 Å². The molecule has 2 aromatic rings. The van der Waals surface area contributed by atoms with E-state index in [2.05, 4.69) is 21.2 Å². The van der Waals surface area contributed by atoms with Crippen LogP contribution in [0, 0.1) is 6.92 Å². The third kappa shape index (κ3) is 7.35. The smallest absolute Gasteiger partial charge is 0.173 e. The number of ether oxygens (including phenoxy) is 2. The molecule has 1 aliphatic heterocycles. The predicted octanol–water partition coefficient (Wildman–Crippen LogP) is 4.97. The molecule has 0 atom stereocenters. The summed E-state index contributed by atoms with van der Waals surface area (Å²) in [5.41, 5.74) is 3.10. The molecule has 168 valence electrons. The summed E-state index contributed by atoms with van der Waals surface area (Å²) < 4.78 is 11.3. The first-order valence-corrected chi connectivity index (χ1v) is 11.7. The molecule has 1 N–H and O–H groups in total. The summed E-state index contributed by atoms with van der Waals surface area (Å²) >= 11 is 12.0. The lowest BCUT2D eigenvalue weighted by atomic mass is 10.2. The Hall–Kier alpha value is -1.86. The van der Waals surface area contributed by atoms with Gasteiger partial charge in [-0.2, -0.15) is 0 Å². The minimum absolute atomic E-state index is 0.640. The Morgan fingerprint density at radius 2 is 2.00 bits per heavy atom. The lowest BCUT2D eigenvalue weighted by Crippen LogP contribution is -2.40. The van der Waals surface area contributed by atoms with Crippen molar-refractivity contribution in [3.05, 3.63) is 58.6 Å². The third-order valence-corrected chi connectivity index (χ3v) is 6.12. The fourth-order valence-electron chi connectivity index (χ4n) is 3.62. The Bertz CT molecular complexity index is 858. The molecule has 1 aliphatic rings. The van der Waals surface area contributed by atoms with Crippen LogP contribution in [0.2, 0.25) is 5.02 Å². The number of hydrogen-bond acceptors (Lipinski definition) is 4. The second kappa shape index (κ2) is 12.2. The van der Waals surface area contributed by atoms with Crippen molar-refractivity contribution in [2.75, 3.05) is 51.3 Å². The second-order valence-electron chi connectivity index (χ2n) is 7.66. The maximum absolute atomic E-state index is 6.18. The highest BCUT2D eigenvalue weighted by molar-refractivity contribution is 7.80. The van der Waals surface area contributed by atoms with E-state index in [9.17, 15) is 0 Å². The van der Waals surface area contributed by atoms with Crippen LogP contribution in [0.5, 0.6) is 5.75 Å². The van der Waals surface area contributed by atoms with Gasteiger partial charge in [0.25, 0.3) is 0 Å². The number of hydrogen-bond donors (Lipinski definition) is 1. The molecule has 31 heavy (non-hydrogen) atoms. The average molecular weight is 462 g/mol. The fraction of sp³-hybridized carbons (Fsp3) is 0.458. The molecule has 1 saturated heterocycles. The Balaban J connectivity index is 1.69. The van der Waals surface area contributed by atoms with Gasteiger partial charge in [-0.15, -0.1) is 0 Å². The number of nitrogens with zero attached hydrogens (tertiary/aromatic N) is 2. The van der Waals surface area contributed by atoms with Crippen LogP contribution < -0.4 is 10.1 Å². The van der Waals surface area contributed by atoms with E-state index in [4.69, 9.17) is 33.3 Å². The molecule has 2 aromatic carbocycles. The predicted molar refractivity (Wildman–Crippen MR) is 132 cm³/mol. The number of para-hydroxylation sites is 1. The number of aryl methyl sites for hydroxylation is 1. The number of anilines is 1. The van der Waals surface area contributed by atoms with Crippen molar-refractivity contribution in [1.29, 1.82) is 0 Å². The average Bonchev–Trinajstić information content (AvgIpc) is 2.77. The molecule has 5 nitrogen and oxygen atoms in total. The molecule has 1 fully saturated rings. The number of benzene rings is 2. The van der Waals surface area contributed by atoms with E-state index < -0.39 is 0 Å². The van der Waals surface area contributed by atoms with Gasteiger partial charge in [0.15, 0.2) is 5.11 Å². The Labute approximate surface area is 196 Å². The molecular weight excluding hydrogens is 430 g/mol. The standard InChI is InChI=1S/C24H32ClN3O2S/c1-3-30-23-8-5-4-7-20(23)18-28(12-6-11-27-13-15-29-16-14-27)24(31)26-21-9-10-22(25)19(2)17-21/h4-5,7-10,17H,3,6,11-16,18H2,1-2H3,(H,26,31). The fourth-order valence-corrected chi connectivity index (χ4v) is 4.01. The highest BCUT2D eigenvalue weighted by Gasteiger charge is 2.16. The van der Waals surface area contributed by atoms with E-state index in [1.165, 1.54) is 0 Å². The van der Waals surface area contributed by atoms with Gasteiger partial charge in [-0.25, -0.2) is 0 Å². The first-order chi connectivity index (χ1) is 15.1. The summed E-state index contributed by atoms with van der Waals surface area (Å²) in [7, 11) is 0. The summed E-state index contributed by atoms with van der Waals surface area (Å²) in [4.78, 5) is 4.67. The maximum Gasteiger partial charge on any atom is 0.173 e. The van der Waals surface area contributed by atoms with Crippen LogP contribution in [0.3, 0.4) is 0 Å². The number of halogens is 1. The largest absolute Gasteiger partial charge is 0.494 e. The van der Waals surface area contributed by atoms with Crippen LogP contribution in [0.1, 0.15) is 24.5 Å². The zero-order valence-corrected chi connectivity index (χ0v) is 20.0. The van der Waals surface area contributed by atoms with Crippen molar-refractivity contribution in [3.8, 4) is 5.75 Å². The van der Waals surface area contributed by atoms with Crippen molar-refractivity contribution in [1.82, 2.24) is 9.80 Å². The van der Waals surface area contributed by atoms with E-state index in [-0.39, 0.29) is 0 Å². The van der Waals surface area contributed by atoms with Crippen molar-refractivity contribution in [2.45, 2.75) is 26.8 Å². The van der Waals surface area contributed by atoms with Crippen molar-refractivity contribution < 1.29 is 9.47 Å². The lowest BCUT2D eigenvalue weighted by Gasteiger charge is -2.30. The summed E-state index contributed by atoms with van der Waals surface area (Å²) in [6.45, 7) is 10.9. The minimum atomic E-state index is 0.640. The first kappa shape index (κ1) is 23.8. The number of thiocarbonyl (C=S) groups is 1. The summed E-state index contributed by atoms with van der Waals surface area (Å²) in [5, 5.41) is 4.85. The quantitative estimate of drug-likeness (QED) is 0.531. The highest BCUT2D eigenvalue weighted by atomic mass is 35.5. The van der Waals surface area contributed by atoms with E-state index in [0.717, 1.165) is 73.4 Å². The Morgan fingerprint density at radius 1 is 1.23 bits per heavy atom. The van der Waals surface area contributed by atoms with E-state index >= 15 is 0 Å². The zero-order valence-electron chi connectivity index (χ0n) is 18.4. The molecule has 0 amide bonds. The molecule has 3 rings (SSSR count). The Morgan fingerprint density at radius 3 is 2.74 bits per heavy atom. The molecule has 0 radical (unpaired) electrons. The van der Waals surface area contributed by atoms with Crippen molar-refractivity contribution in [2.24, 2.45) is 0 Å². The van der Waals surface area contributed by atoms with Gasteiger partial charge in [0.1, 0.15) is 5.75 Å². The van der Waals surface area contributed by atoms with Crippen LogP contribution in [0.25, 0.3) is 0 Å². The van der Waals surface area contributed by atoms with Gasteiger partial charge < -0.3 is 19.7 Å². The SMILES string of the molecule is CCOc1ccccc1CN(CCCN1CCOCC1)C(=S)Nc1ccc(Cl)c(C)c1. The van der Waals surface area contributed by atoms with Crippen LogP contribution in [-0.4, -0.2) is 60.9 Å². The van der Waals surface area contributed by atoms with E-state index in [0.29, 0.717) is 18.3 Å². The van der Waals surface area contributed by atoms with Gasteiger partial charge in [-0.05, 0) is 62.3 Å². The molecule has 0 aliphatic carbocycles. The summed E-state index contributed by atoms with van der Waals surface area (Å²) in [6.07, 6.45) is 1.03. The lowest BCUT2D eigenvalue weighted by molar-refractivity contribution is 0.0367. The molecule has 7 heteroatoms. The normalized spacial score (nSPS) is 14.3. The highest BCUT2D eigenvalue weighted by Crippen LogP contribution is 2.22. The van der Waals surface area contributed by atoms with Crippen molar-refractivity contribution >= 4 is 34.6 Å². The number of rotatable bonds is 9. The van der Waals surface area contributed by atoms with E-state index in [1.54, 1.807) is 0 Å². The maximum atomic E-state index is 6.18. The number of nitrogens with one attached hydrogen (secondary N) is 1. The molecule has 0 unspecified atom stereocenters. The second-order valence-corrected chi connectivity index (χ2v) is 8.46. The monoisotopic (exact) mass is 461 g/mol. The van der Waals surface area contributed by atoms with Crippen LogP contribution in [0.15, 0.2) is 42.5 Å². The van der Waals surface area contributed by atoms with Crippen LogP contribution >= 0.6 is 23.8 Å². The first-order valence-electron chi connectivity index (χ1n) is 10.9. The third-order valence-electron chi connectivity index (χ3n) is 5.34. The molecule has 0 aromatic heterocycles. The van der Waals surface area contributed by atoms with Gasteiger partial charge in [0.2, 0.25) is 0 Å². The van der Waals surface area contributed by atoms with Crippen LogP contribution in [0.4, 0.5) is 5.69 Å². The van der Waals surface area contributed by atoms with Crippen LogP contribution in [-0.2, 0) is 11.3 Å². The molecule has 0 saturated carbocycles. The molecular formula is C24H32ClN3O2S. The van der Waals surface area contributed by atoms with Gasteiger partial charge >= 0.3 is 0 Å². The molecule has 0 bridgehead atoms. The van der Waals surface area contributed by atoms with E-state index in [1.807, 2.05) is 50.2 Å².